The van der Waals surface area contributed by atoms with Crippen molar-refractivity contribution >= 4 is 0 Å². The lowest BCUT2D eigenvalue weighted by Crippen LogP contribution is -2.48. The predicted molar refractivity (Wildman–Crippen MR) is 72.8 cm³/mol. The van der Waals surface area contributed by atoms with Gasteiger partial charge in [0.15, 0.2) is 0 Å². The van der Waals surface area contributed by atoms with Gasteiger partial charge < -0.3 is 15.0 Å². The lowest BCUT2D eigenvalue weighted by atomic mass is 9.86. The highest BCUT2D eigenvalue weighted by Crippen LogP contribution is 2.40. The van der Waals surface area contributed by atoms with Crippen LogP contribution in [0.3, 0.4) is 0 Å². The van der Waals surface area contributed by atoms with Gasteiger partial charge >= 0.3 is 0 Å². The molecule has 3 heterocycles. The van der Waals surface area contributed by atoms with E-state index < -0.39 is 0 Å². The van der Waals surface area contributed by atoms with E-state index in [9.17, 15) is 0 Å². The molecule has 0 saturated carbocycles. The molecule has 3 fully saturated rings. The molecular weight excluding hydrogens is 226 g/mol. The maximum absolute atomic E-state index is 5.76. The Kier molecular flexibility index (Phi) is 3.63. The second-order valence-electron chi connectivity index (χ2n) is 6.62. The van der Waals surface area contributed by atoms with Gasteiger partial charge in [-0.05, 0) is 51.9 Å². The van der Waals surface area contributed by atoms with Gasteiger partial charge in [0.2, 0.25) is 0 Å². The zero-order valence-corrected chi connectivity index (χ0v) is 11.8. The number of likely N-dealkylation sites (N-methyl/N-ethyl adjacent to an activating group) is 1. The van der Waals surface area contributed by atoms with Gasteiger partial charge in [-0.25, -0.2) is 0 Å². The predicted octanol–water partition coefficient (Wildman–Crippen LogP) is 0.391. The summed E-state index contributed by atoms with van der Waals surface area (Å²) in [6, 6.07) is 1.19. The Morgan fingerprint density at radius 1 is 1.17 bits per heavy atom. The Balaban J connectivity index is 1.58. The van der Waals surface area contributed by atoms with E-state index in [2.05, 4.69) is 22.2 Å². The first-order valence-corrected chi connectivity index (χ1v) is 7.38. The van der Waals surface area contributed by atoms with Crippen LogP contribution in [-0.2, 0) is 4.74 Å². The molecule has 0 aromatic heterocycles. The van der Waals surface area contributed by atoms with Gasteiger partial charge in [0.1, 0.15) is 0 Å². The van der Waals surface area contributed by atoms with E-state index in [0.717, 1.165) is 13.2 Å². The molecule has 4 nitrogen and oxygen atoms in total. The minimum absolute atomic E-state index is 0.548. The molecule has 1 N–H and O–H groups in total. The largest absolute Gasteiger partial charge is 0.378 e. The Bertz CT molecular complexity index is 299. The fourth-order valence-corrected chi connectivity index (χ4v) is 4.04. The smallest absolute Gasteiger partial charge is 0.0623 e. The van der Waals surface area contributed by atoms with Gasteiger partial charge in [0, 0.05) is 25.2 Å². The van der Waals surface area contributed by atoms with Crippen molar-refractivity contribution < 1.29 is 4.74 Å². The first-order valence-electron chi connectivity index (χ1n) is 7.38. The molecule has 3 saturated heterocycles. The molecule has 0 radical (unpaired) electrons. The average molecular weight is 253 g/mol. The van der Waals surface area contributed by atoms with Crippen LogP contribution >= 0.6 is 0 Å². The minimum Gasteiger partial charge on any atom is -0.378 e. The summed E-state index contributed by atoms with van der Waals surface area (Å²) in [5, 5.41) is 3.37. The molecule has 0 aromatic carbocycles. The first-order chi connectivity index (χ1) is 8.71. The number of nitrogens with one attached hydrogen (secondary N) is 1. The molecule has 4 heteroatoms. The molecule has 104 valence electrons. The van der Waals surface area contributed by atoms with E-state index in [4.69, 9.17) is 4.74 Å². The molecule has 18 heavy (non-hydrogen) atoms. The lowest BCUT2D eigenvalue weighted by molar-refractivity contribution is 0.00521. The van der Waals surface area contributed by atoms with E-state index in [1.54, 1.807) is 0 Å². The van der Waals surface area contributed by atoms with Gasteiger partial charge in [-0.1, -0.05) is 0 Å². The SMILES string of the molecule is CNC1COCC(N2CCC3(CCN(C)C3)C2)C1. The minimum atomic E-state index is 0.548. The van der Waals surface area contributed by atoms with Crippen LogP contribution < -0.4 is 5.32 Å². The van der Waals surface area contributed by atoms with Crippen LogP contribution in [0.5, 0.6) is 0 Å². The molecule has 0 aliphatic carbocycles. The second kappa shape index (κ2) is 5.08. The number of likely N-dealkylation sites (tertiary alicyclic amines) is 2. The summed E-state index contributed by atoms with van der Waals surface area (Å²) in [7, 11) is 4.31. The third-order valence-corrected chi connectivity index (χ3v) is 5.21. The second-order valence-corrected chi connectivity index (χ2v) is 6.62. The Hall–Kier alpha value is -0.160. The molecule has 0 amide bonds. The number of hydrogen-bond acceptors (Lipinski definition) is 4. The number of nitrogens with zero attached hydrogens (tertiary/aromatic N) is 2. The number of rotatable bonds is 2. The van der Waals surface area contributed by atoms with E-state index in [1.807, 2.05) is 7.05 Å². The van der Waals surface area contributed by atoms with Crippen LogP contribution in [0.1, 0.15) is 19.3 Å². The lowest BCUT2D eigenvalue weighted by Gasteiger charge is -2.36. The van der Waals surface area contributed by atoms with E-state index >= 15 is 0 Å². The Morgan fingerprint density at radius 3 is 2.72 bits per heavy atom. The van der Waals surface area contributed by atoms with Crippen LogP contribution in [0.2, 0.25) is 0 Å². The van der Waals surface area contributed by atoms with Gasteiger partial charge in [0.25, 0.3) is 0 Å². The van der Waals surface area contributed by atoms with Crippen molar-refractivity contribution in [2.75, 3.05) is 53.5 Å². The average Bonchev–Trinajstić information content (AvgIpc) is 2.97. The van der Waals surface area contributed by atoms with Crippen LogP contribution in [-0.4, -0.2) is 75.4 Å². The summed E-state index contributed by atoms with van der Waals surface area (Å²) in [4.78, 5) is 5.19. The Morgan fingerprint density at radius 2 is 2.00 bits per heavy atom. The monoisotopic (exact) mass is 253 g/mol. The molecule has 1 spiro atoms. The summed E-state index contributed by atoms with van der Waals surface area (Å²) in [5.41, 5.74) is 0.599. The number of ether oxygens (including phenoxy) is 1. The van der Waals surface area contributed by atoms with Crippen LogP contribution in [0.4, 0.5) is 0 Å². The molecule has 3 aliphatic rings. The van der Waals surface area contributed by atoms with Gasteiger partial charge in [-0.3, -0.25) is 4.90 Å². The number of hydrogen-bond donors (Lipinski definition) is 1. The zero-order valence-electron chi connectivity index (χ0n) is 11.8. The summed E-state index contributed by atoms with van der Waals surface area (Å²) < 4.78 is 5.76. The van der Waals surface area contributed by atoms with Crippen molar-refractivity contribution in [1.29, 1.82) is 0 Å². The fraction of sp³-hybridized carbons (Fsp3) is 1.00. The topological polar surface area (TPSA) is 27.7 Å². The van der Waals surface area contributed by atoms with Crippen molar-refractivity contribution in [2.24, 2.45) is 5.41 Å². The highest BCUT2D eigenvalue weighted by Gasteiger charge is 2.44. The summed E-state index contributed by atoms with van der Waals surface area (Å²) in [5.74, 6) is 0. The third kappa shape index (κ3) is 2.44. The van der Waals surface area contributed by atoms with Gasteiger partial charge in [-0.15, -0.1) is 0 Å². The molecule has 0 bridgehead atoms. The molecular formula is C14H27N3O. The van der Waals surface area contributed by atoms with Crippen molar-refractivity contribution in [3.05, 3.63) is 0 Å². The van der Waals surface area contributed by atoms with Crippen LogP contribution in [0.25, 0.3) is 0 Å². The summed E-state index contributed by atoms with van der Waals surface area (Å²) in [6.07, 6.45) is 4.03. The van der Waals surface area contributed by atoms with Gasteiger partial charge in [0.05, 0.1) is 13.2 Å². The molecule has 0 aromatic rings. The van der Waals surface area contributed by atoms with Crippen LogP contribution in [0.15, 0.2) is 0 Å². The van der Waals surface area contributed by atoms with E-state index in [-0.39, 0.29) is 0 Å². The maximum Gasteiger partial charge on any atom is 0.0623 e. The molecule has 3 unspecified atom stereocenters. The standard InChI is InChI=1S/C14H27N3O/c1-15-12-7-13(9-18-8-12)17-6-4-14(11-17)3-5-16(2)10-14/h12-13,15H,3-11H2,1-2H3. The molecule has 3 rings (SSSR count). The molecule has 3 aliphatic heterocycles. The van der Waals surface area contributed by atoms with Gasteiger partial charge in [-0.2, -0.15) is 0 Å². The van der Waals surface area contributed by atoms with E-state index in [0.29, 0.717) is 17.5 Å². The maximum atomic E-state index is 5.76. The fourth-order valence-electron chi connectivity index (χ4n) is 4.04. The quantitative estimate of drug-likeness (QED) is 0.770. The van der Waals surface area contributed by atoms with Crippen molar-refractivity contribution in [1.82, 2.24) is 15.1 Å². The Labute approximate surface area is 111 Å². The van der Waals surface area contributed by atoms with Crippen molar-refractivity contribution in [3.8, 4) is 0 Å². The summed E-state index contributed by atoms with van der Waals surface area (Å²) >= 11 is 0. The normalized spacial score (nSPS) is 43.0. The molecule has 3 atom stereocenters. The zero-order chi connectivity index (χ0) is 12.6. The van der Waals surface area contributed by atoms with Crippen LogP contribution in [0, 0.1) is 5.41 Å². The van der Waals surface area contributed by atoms with E-state index in [1.165, 1.54) is 45.4 Å². The first kappa shape index (κ1) is 12.9. The van der Waals surface area contributed by atoms with Crippen molar-refractivity contribution in [3.63, 3.8) is 0 Å². The highest BCUT2D eigenvalue weighted by atomic mass is 16.5. The highest BCUT2D eigenvalue weighted by molar-refractivity contribution is 4.98. The van der Waals surface area contributed by atoms with Crippen molar-refractivity contribution in [2.45, 2.75) is 31.3 Å². The third-order valence-electron chi connectivity index (χ3n) is 5.21. The summed E-state index contributed by atoms with van der Waals surface area (Å²) in [6.45, 7) is 6.97.